The number of aromatic nitrogens is 1. The maximum Gasteiger partial charge on any atom is 0.573 e. The van der Waals surface area contributed by atoms with Crippen LogP contribution < -0.4 is 14.2 Å². The molecule has 0 saturated carbocycles. The van der Waals surface area contributed by atoms with E-state index in [1.807, 2.05) is 6.92 Å². The van der Waals surface area contributed by atoms with E-state index in [1.54, 1.807) is 24.3 Å². The van der Waals surface area contributed by atoms with Crippen LogP contribution in [0.25, 0.3) is 11.5 Å². The van der Waals surface area contributed by atoms with Crippen LogP contribution in [0.15, 0.2) is 53.1 Å². The molecule has 0 unspecified atom stereocenters. The zero-order valence-electron chi connectivity index (χ0n) is 16.9. The number of methoxy groups -OCH3 is 1. The van der Waals surface area contributed by atoms with Crippen molar-refractivity contribution in [2.24, 2.45) is 0 Å². The molecule has 0 radical (unpaired) electrons. The van der Waals surface area contributed by atoms with Gasteiger partial charge >= 0.3 is 6.36 Å². The minimum atomic E-state index is -4.83. The molecule has 9 heteroatoms. The number of hydrogen-bond acceptors (Lipinski definition) is 6. The first-order valence-corrected chi connectivity index (χ1v) is 9.40. The maximum atomic E-state index is 12.5. The number of carbonyl (C=O) groups excluding carboxylic acids is 1. The quantitative estimate of drug-likeness (QED) is 0.471. The fraction of sp³-hybridized carbons (Fsp3) is 0.273. The number of ether oxygens (including phenoxy) is 3. The van der Waals surface area contributed by atoms with E-state index in [1.165, 1.54) is 31.6 Å². The van der Waals surface area contributed by atoms with Crippen molar-refractivity contribution in [3.8, 4) is 28.7 Å². The Morgan fingerprint density at radius 2 is 1.84 bits per heavy atom. The number of halogens is 3. The molecule has 31 heavy (non-hydrogen) atoms. The van der Waals surface area contributed by atoms with E-state index in [9.17, 15) is 18.0 Å². The van der Waals surface area contributed by atoms with Crippen molar-refractivity contribution < 1.29 is 36.6 Å². The Morgan fingerprint density at radius 3 is 2.55 bits per heavy atom. The van der Waals surface area contributed by atoms with Crippen molar-refractivity contribution in [3.63, 3.8) is 0 Å². The lowest BCUT2D eigenvalue weighted by Crippen LogP contribution is -2.19. The number of rotatable bonds is 9. The number of hydrogen-bond donors (Lipinski definition) is 0. The van der Waals surface area contributed by atoms with Crippen LogP contribution >= 0.6 is 0 Å². The molecule has 0 saturated heterocycles. The van der Waals surface area contributed by atoms with Crippen molar-refractivity contribution in [2.75, 3.05) is 13.7 Å². The van der Waals surface area contributed by atoms with E-state index in [4.69, 9.17) is 13.9 Å². The molecule has 3 aromatic rings. The molecule has 6 nitrogen and oxygen atoms in total. The standard InChI is InChI=1S/C22H20F3NO5/c1-3-29-20-11-15(8-9-19(20)28-2)21-26-16(13-30-21)12-17(27)10-14-6-4-5-7-18(14)31-22(23,24)25/h4-9,11,13H,3,10,12H2,1-2H3. The molecular weight excluding hydrogens is 415 g/mol. The van der Waals surface area contributed by atoms with Gasteiger partial charge < -0.3 is 18.6 Å². The average Bonchev–Trinajstić information content (AvgIpc) is 3.17. The highest BCUT2D eigenvalue weighted by Crippen LogP contribution is 2.32. The van der Waals surface area contributed by atoms with Gasteiger partial charge in [0.05, 0.1) is 25.8 Å². The number of para-hydroxylation sites is 1. The summed E-state index contributed by atoms with van der Waals surface area (Å²) < 4.78 is 57.9. The lowest BCUT2D eigenvalue weighted by atomic mass is 10.1. The Hall–Kier alpha value is -3.49. The number of alkyl halides is 3. The Balaban J connectivity index is 1.71. The van der Waals surface area contributed by atoms with Crippen LogP contribution in [0.4, 0.5) is 13.2 Å². The molecule has 0 fully saturated rings. The first kappa shape index (κ1) is 22.2. The lowest BCUT2D eigenvalue weighted by molar-refractivity contribution is -0.274. The van der Waals surface area contributed by atoms with Crippen LogP contribution in [0.1, 0.15) is 18.2 Å². The van der Waals surface area contributed by atoms with Crippen LogP contribution in [0.2, 0.25) is 0 Å². The van der Waals surface area contributed by atoms with Crippen LogP contribution in [-0.2, 0) is 17.6 Å². The van der Waals surface area contributed by atoms with E-state index < -0.39 is 12.1 Å². The van der Waals surface area contributed by atoms with Gasteiger partial charge in [-0.25, -0.2) is 4.98 Å². The van der Waals surface area contributed by atoms with Gasteiger partial charge in [0.15, 0.2) is 11.5 Å². The molecule has 0 spiro atoms. The average molecular weight is 435 g/mol. The summed E-state index contributed by atoms with van der Waals surface area (Å²) in [6, 6.07) is 10.7. The van der Waals surface area contributed by atoms with Crippen LogP contribution in [-0.4, -0.2) is 30.8 Å². The number of benzene rings is 2. The summed E-state index contributed by atoms with van der Waals surface area (Å²) >= 11 is 0. The molecule has 164 valence electrons. The van der Waals surface area contributed by atoms with Gasteiger partial charge in [-0.3, -0.25) is 4.79 Å². The summed E-state index contributed by atoms with van der Waals surface area (Å²) in [7, 11) is 1.53. The van der Waals surface area contributed by atoms with E-state index in [2.05, 4.69) is 9.72 Å². The molecule has 0 N–H and O–H groups in total. The van der Waals surface area contributed by atoms with Crippen molar-refractivity contribution in [2.45, 2.75) is 26.1 Å². The van der Waals surface area contributed by atoms with Gasteiger partial charge in [-0.2, -0.15) is 0 Å². The predicted molar refractivity (Wildman–Crippen MR) is 105 cm³/mol. The number of ketones is 1. The predicted octanol–water partition coefficient (Wildman–Crippen LogP) is 5.00. The summed E-state index contributed by atoms with van der Waals surface area (Å²) in [5.74, 6) is 0.646. The summed E-state index contributed by atoms with van der Waals surface area (Å²) in [4.78, 5) is 16.7. The summed E-state index contributed by atoms with van der Waals surface area (Å²) in [5.41, 5.74) is 1.14. The zero-order valence-corrected chi connectivity index (χ0v) is 16.9. The van der Waals surface area contributed by atoms with E-state index in [0.717, 1.165) is 0 Å². The van der Waals surface area contributed by atoms with Gasteiger partial charge in [-0.1, -0.05) is 18.2 Å². The summed E-state index contributed by atoms with van der Waals surface area (Å²) in [6.45, 7) is 2.30. The van der Waals surface area contributed by atoms with E-state index in [-0.39, 0.29) is 30.1 Å². The van der Waals surface area contributed by atoms with Crippen LogP contribution in [0.5, 0.6) is 17.2 Å². The second kappa shape index (κ2) is 9.55. The molecule has 0 aliphatic rings. The normalized spacial score (nSPS) is 11.3. The monoisotopic (exact) mass is 435 g/mol. The topological polar surface area (TPSA) is 70.8 Å². The molecule has 0 aliphatic carbocycles. The van der Waals surface area contributed by atoms with Gasteiger partial charge in [-0.05, 0) is 31.2 Å². The van der Waals surface area contributed by atoms with Gasteiger partial charge in [0.1, 0.15) is 17.8 Å². The largest absolute Gasteiger partial charge is 0.573 e. The Bertz CT molecular complexity index is 1050. The van der Waals surface area contributed by atoms with Gasteiger partial charge in [-0.15, -0.1) is 13.2 Å². The number of oxazole rings is 1. The third-order valence-corrected chi connectivity index (χ3v) is 4.23. The van der Waals surface area contributed by atoms with Crippen molar-refractivity contribution in [1.29, 1.82) is 0 Å². The third kappa shape index (κ3) is 6.00. The minimum absolute atomic E-state index is 0.0989. The molecule has 0 atom stereocenters. The Morgan fingerprint density at radius 1 is 1.06 bits per heavy atom. The molecule has 0 amide bonds. The van der Waals surface area contributed by atoms with Gasteiger partial charge in [0, 0.05) is 17.5 Å². The van der Waals surface area contributed by atoms with Crippen molar-refractivity contribution >= 4 is 5.78 Å². The van der Waals surface area contributed by atoms with Gasteiger partial charge in [0.2, 0.25) is 5.89 Å². The summed E-state index contributed by atoms with van der Waals surface area (Å²) in [6.07, 6.45) is -3.82. The molecule has 1 heterocycles. The highest BCUT2D eigenvalue weighted by molar-refractivity contribution is 5.83. The first-order valence-electron chi connectivity index (χ1n) is 9.40. The molecule has 0 bridgehead atoms. The summed E-state index contributed by atoms with van der Waals surface area (Å²) in [5, 5.41) is 0. The molecule has 1 aromatic heterocycles. The van der Waals surface area contributed by atoms with Crippen LogP contribution in [0.3, 0.4) is 0 Å². The Kier molecular flexibility index (Phi) is 6.84. The molecular formula is C22H20F3NO5. The smallest absolute Gasteiger partial charge is 0.493 e. The second-order valence-electron chi connectivity index (χ2n) is 6.49. The van der Waals surface area contributed by atoms with Crippen LogP contribution in [0, 0.1) is 0 Å². The van der Waals surface area contributed by atoms with E-state index in [0.29, 0.717) is 29.4 Å². The first-order chi connectivity index (χ1) is 14.8. The SMILES string of the molecule is CCOc1cc(-c2nc(CC(=O)Cc3ccccc3OC(F)(F)F)co2)ccc1OC. The lowest BCUT2D eigenvalue weighted by Gasteiger charge is -2.12. The van der Waals surface area contributed by atoms with Crippen molar-refractivity contribution in [1.82, 2.24) is 4.98 Å². The zero-order chi connectivity index (χ0) is 22.4. The Labute approximate surface area is 176 Å². The van der Waals surface area contributed by atoms with Crippen molar-refractivity contribution in [3.05, 3.63) is 60.0 Å². The number of Topliss-reactive ketones (excluding diaryl/α,β-unsaturated/α-hetero) is 1. The fourth-order valence-corrected chi connectivity index (χ4v) is 2.95. The molecule has 0 aliphatic heterocycles. The fourth-order valence-electron chi connectivity index (χ4n) is 2.95. The second-order valence-corrected chi connectivity index (χ2v) is 6.49. The number of carbonyl (C=O) groups is 1. The minimum Gasteiger partial charge on any atom is -0.493 e. The molecule has 2 aromatic carbocycles. The maximum absolute atomic E-state index is 12.5. The van der Waals surface area contributed by atoms with E-state index >= 15 is 0 Å². The third-order valence-electron chi connectivity index (χ3n) is 4.23. The number of nitrogens with zero attached hydrogens (tertiary/aromatic N) is 1. The van der Waals surface area contributed by atoms with Gasteiger partial charge in [0.25, 0.3) is 0 Å². The highest BCUT2D eigenvalue weighted by Gasteiger charge is 2.32. The highest BCUT2D eigenvalue weighted by atomic mass is 19.4. The molecule has 3 rings (SSSR count).